The number of halogens is 1. The molecule has 0 aliphatic heterocycles. The molecule has 1 saturated carbocycles. The summed E-state index contributed by atoms with van der Waals surface area (Å²) in [4.78, 5) is 20.0. The lowest BCUT2D eigenvalue weighted by Gasteiger charge is -2.17. The SMILES string of the molecule is C[C@H]1CCc2c(sc3nc(C4CC4)n4c(SCC(=O)Nc5cccc(F)c5)nnc4c23)C1. The van der Waals surface area contributed by atoms with E-state index in [-0.39, 0.29) is 17.5 Å². The molecule has 9 heteroatoms. The monoisotopic (exact) mass is 467 g/mol. The summed E-state index contributed by atoms with van der Waals surface area (Å²) in [6.45, 7) is 2.31. The Labute approximate surface area is 192 Å². The van der Waals surface area contributed by atoms with Gasteiger partial charge in [0.1, 0.15) is 16.5 Å². The van der Waals surface area contributed by atoms with Crippen molar-refractivity contribution in [2.45, 2.75) is 50.1 Å². The minimum atomic E-state index is -0.378. The number of carbonyl (C=O) groups excluding carboxylic acids is 1. The fourth-order valence-corrected chi connectivity index (χ4v) is 6.56. The average molecular weight is 468 g/mol. The number of hydrogen-bond acceptors (Lipinski definition) is 6. The molecule has 0 unspecified atom stereocenters. The van der Waals surface area contributed by atoms with Crippen molar-refractivity contribution in [3.63, 3.8) is 0 Å². The van der Waals surface area contributed by atoms with E-state index in [9.17, 15) is 9.18 Å². The zero-order valence-electron chi connectivity index (χ0n) is 17.6. The standard InChI is InChI=1S/C23H22FN5OS2/c1-12-5-8-16-17(9-12)32-22-19(16)21-27-28-23(29(21)20(26-22)13-6-7-13)31-11-18(30)25-15-4-2-3-14(24)10-15/h2-4,10,12-13H,5-9,11H2,1H3,(H,25,30)/t12-/m0/s1. The van der Waals surface area contributed by atoms with Crippen LogP contribution in [0.15, 0.2) is 29.4 Å². The van der Waals surface area contributed by atoms with E-state index in [1.807, 2.05) is 11.3 Å². The molecule has 2 aliphatic carbocycles. The van der Waals surface area contributed by atoms with Crippen LogP contribution in [-0.2, 0) is 17.6 Å². The molecule has 4 aromatic rings. The van der Waals surface area contributed by atoms with Gasteiger partial charge in [-0.15, -0.1) is 21.5 Å². The van der Waals surface area contributed by atoms with Gasteiger partial charge in [-0.3, -0.25) is 9.20 Å². The highest BCUT2D eigenvalue weighted by Crippen LogP contribution is 2.44. The largest absolute Gasteiger partial charge is 0.325 e. The number of carbonyl (C=O) groups is 1. The molecule has 0 saturated heterocycles. The number of fused-ring (bicyclic) bond motifs is 5. The summed E-state index contributed by atoms with van der Waals surface area (Å²) >= 11 is 3.16. The van der Waals surface area contributed by atoms with Crippen LogP contribution in [0.2, 0.25) is 0 Å². The van der Waals surface area contributed by atoms with E-state index in [0.717, 1.165) is 47.4 Å². The van der Waals surface area contributed by atoms with Crippen LogP contribution in [0.3, 0.4) is 0 Å². The van der Waals surface area contributed by atoms with Gasteiger partial charge in [0.2, 0.25) is 5.91 Å². The minimum Gasteiger partial charge on any atom is -0.325 e. The van der Waals surface area contributed by atoms with Gasteiger partial charge in [0.15, 0.2) is 10.8 Å². The van der Waals surface area contributed by atoms with E-state index in [1.54, 1.807) is 12.1 Å². The van der Waals surface area contributed by atoms with E-state index in [1.165, 1.54) is 40.8 Å². The number of aromatic nitrogens is 4. The maximum Gasteiger partial charge on any atom is 0.234 e. The van der Waals surface area contributed by atoms with Crippen molar-refractivity contribution >= 4 is 50.6 Å². The fourth-order valence-electron chi connectivity index (χ4n) is 4.44. The van der Waals surface area contributed by atoms with Crippen LogP contribution >= 0.6 is 23.1 Å². The van der Waals surface area contributed by atoms with Crippen molar-refractivity contribution in [3.8, 4) is 0 Å². The van der Waals surface area contributed by atoms with Gasteiger partial charge in [0, 0.05) is 16.5 Å². The quantitative estimate of drug-likeness (QED) is 0.408. The summed E-state index contributed by atoms with van der Waals surface area (Å²) < 4.78 is 15.5. The van der Waals surface area contributed by atoms with Crippen LogP contribution in [0.25, 0.3) is 15.9 Å². The van der Waals surface area contributed by atoms with E-state index in [0.29, 0.717) is 22.7 Å². The molecular formula is C23H22FN5OS2. The Bertz CT molecular complexity index is 1360. The van der Waals surface area contributed by atoms with Gasteiger partial charge in [-0.1, -0.05) is 24.8 Å². The molecule has 6 rings (SSSR count). The second kappa shape index (κ2) is 7.81. The van der Waals surface area contributed by atoms with Crippen molar-refractivity contribution in [2.75, 3.05) is 11.1 Å². The summed E-state index contributed by atoms with van der Waals surface area (Å²) in [5, 5.41) is 13.6. The number of aryl methyl sites for hydroxylation is 1. The molecule has 3 aromatic heterocycles. The van der Waals surface area contributed by atoms with Gasteiger partial charge in [0.25, 0.3) is 0 Å². The number of nitrogens with zero attached hydrogens (tertiary/aromatic N) is 4. The van der Waals surface area contributed by atoms with Crippen LogP contribution in [0.4, 0.5) is 10.1 Å². The van der Waals surface area contributed by atoms with E-state index < -0.39 is 0 Å². The highest BCUT2D eigenvalue weighted by atomic mass is 32.2. The number of amides is 1. The van der Waals surface area contributed by atoms with Gasteiger partial charge in [-0.25, -0.2) is 9.37 Å². The molecule has 1 atom stereocenters. The molecule has 1 fully saturated rings. The second-order valence-electron chi connectivity index (χ2n) is 8.76. The molecule has 164 valence electrons. The van der Waals surface area contributed by atoms with E-state index in [4.69, 9.17) is 4.98 Å². The Morgan fingerprint density at radius 2 is 2.19 bits per heavy atom. The highest BCUT2D eigenvalue weighted by molar-refractivity contribution is 7.99. The number of thioether (sulfide) groups is 1. The topological polar surface area (TPSA) is 72.2 Å². The molecule has 1 aromatic carbocycles. The Balaban J connectivity index is 1.34. The minimum absolute atomic E-state index is 0.165. The number of thiophene rings is 1. The van der Waals surface area contributed by atoms with Crippen LogP contribution in [0.1, 0.15) is 48.4 Å². The van der Waals surface area contributed by atoms with Crippen molar-refractivity contribution in [1.82, 2.24) is 19.6 Å². The smallest absolute Gasteiger partial charge is 0.234 e. The predicted molar refractivity (Wildman–Crippen MR) is 125 cm³/mol. The van der Waals surface area contributed by atoms with Crippen molar-refractivity contribution in [3.05, 3.63) is 46.3 Å². The first-order chi connectivity index (χ1) is 15.6. The van der Waals surface area contributed by atoms with Crippen LogP contribution in [0, 0.1) is 11.7 Å². The molecule has 1 N–H and O–H groups in total. The first-order valence-corrected chi connectivity index (χ1v) is 12.7. The normalized spacial score (nSPS) is 18.2. The third-order valence-corrected chi connectivity index (χ3v) is 8.26. The molecule has 6 nitrogen and oxygen atoms in total. The molecule has 2 aliphatic rings. The lowest BCUT2D eigenvalue weighted by Crippen LogP contribution is -2.14. The number of hydrogen-bond donors (Lipinski definition) is 1. The molecule has 3 heterocycles. The summed E-state index contributed by atoms with van der Waals surface area (Å²) in [6.07, 6.45) is 5.60. The zero-order chi connectivity index (χ0) is 21.8. The zero-order valence-corrected chi connectivity index (χ0v) is 19.2. The van der Waals surface area contributed by atoms with Gasteiger partial charge in [0.05, 0.1) is 11.1 Å². The number of benzene rings is 1. The molecule has 1 amide bonds. The molecule has 0 radical (unpaired) electrons. The fraction of sp³-hybridized carbons (Fsp3) is 0.391. The summed E-state index contributed by atoms with van der Waals surface area (Å²) in [5.74, 6) is 1.72. The predicted octanol–water partition coefficient (Wildman–Crippen LogP) is 5.21. The highest BCUT2D eigenvalue weighted by Gasteiger charge is 2.32. The maximum atomic E-state index is 13.4. The molecular weight excluding hydrogens is 445 g/mol. The number of rotatable bonds is 5. The Kier molecular flexibility index (Phi) is 4.91. The second-order valence-corrected chi connectivity index (χ2v) is 10.8. The van der Waals surface area contributed by atoms with E-state index >= 15 is 0 Å². The average Bonchev–Trinajstić information content (AvgIpc) is 3.42. The number of nitrogens with one attached hydrogen (secondary N) is 1. The lowest BCUT2D eigenvalue weighted by molar-refractivity contribution is -0.113. The summed E-state index contributed by atoms with van der Waals surface area (Å²) in [7, 11) is 0. The van der Waals surface area contributed by atoms with Crippen molar-refractivity contribution in [1.29, 1.82) is 0 Å². The van der Waals surface area contributed by atoms with Gasteiger partial charge < -0.3 is 5.32 Å². The Morgan fingerprint density at radius 3 is 3.00 bits per heavy atom. The Hall–Kier alpha value is -2.52. The van der Waals surface area contributed by atoms with Crippen molar-refractivity contribution < 1.29 is 9.18 Å². The van der Waals surface area contributed by atoms with Gasteiger partial charge >= 0.3 is 0 Å². The molecule has 0 spiro atoms. The lowest BCUT2D eigenvalue weighted by atomic mass is 9.89. The van der Waals surface area contributed by atoms with Crippen molar-refractivity contribution in [2.24, 2.45) is 5.92 Å². The first kappa shape index (κ1) is 20.1. The summed E-state index contributed by atoms with van der Waals surface area (Å²) in [5.41, 5.74) is 2.70. The molecule has 32 heavy (non-hydrogen) atoms. The van der Waals surface area contributed by atoms with Gasteiger partial charge in [-0.2, -0.15) is 0 Å². The first-order valence-electron chi connectivity index (χ1n) is 10.9. The van der Waals surface area contributed by atoms with E-state index in [2.05, 4.69) is 26.8 Å². The maximum absolute atomic E-state index is 13.4. The van der Waals surface area contributed by atoms with Crippen LogP contribution in [-0.4, -0.2) is 31.2 Å². The molecule has 0 bridgehead atoms. The third kappa shape index (κ3) is 3.57. The van der Waals surface area contributed by atoms with Gasteiger partial charge in [-0.05, 0) is 61.8 Å². The van der Waals surface area contributed by atoms with Crippen LogP contribution in [0.5, 0.6) is 0 Å². The van der Waals surface area contributed by atoms with Crippen LogP contribution < -0.4 is 5.32 Å². The number of anilines is 1. The third-order valence-electron chi connectivity index (χ3n) is 6.18. The summed E-state index contributed by atoms with van der Waals surface area (Å²) in [6, 6.07) is 5.90. The Morgan fingerprint density at radius 1 is 1.31 bits per heavy atom.